The molecule has 4 heterocycles. The van der Waals surface area contributed by atoms with Crippen molar-refractivity contribution in [3.63, 3.8) is 0 Å². The Labute approximate surface area is 357 Å². The first kappa shape index (κ1) is 41.3. The van der Waals surface area contributed by atoms with Crippen molar-refractivity contribution in [1.82, 2.24) is 34.7 Å². The van der Waals surface area contributed by atoms with Gasteiger partial charge in [-0.2, -0.15) is 0 Å². The Balaban J connectivity index is 0.901. The van der Waals surface area contributed by atoms with Gasteiger partial charge in [0.1, 0.15) is 5.52 Å². The molecule has 5 aromatic rings. The molecule has 0 spiro atoms. The molecule has 1 aliphatic heterocycles. The van der Waals surface area contributed by atoms with E-state index in [9.17, 15) is 28.6 Å². The Morgan fingerprint density at radius 3 is 2.52 bits per heavy atom. The highest BCUT2D eigenvalue weighted by molar-refractivity contribution is 6.36. The number of aliphatic carboxylic acids is 1. The first-order valence-electron chi connectivity index (χ1n) is 21.2. The number of carbonyl (C=O) groups excluding carboxylic acids is 1. The van der Waals surface area contributed by atoms with Gasteiger partial charge < -0.3 is 30.7 Å². The maximum Gasteiger partial charge on any atom is 0.309 e. The van der Waals surface area contributed by atoms with E-state index in [2.05, 4.69) is 35.8 Å². The Hall–Kier alpha value is -5.09. The molecule has 3 fully saturated rings. The fraction of sp³-hybridized carbons (Fsp3) is 0.467. The lowest BCUT2D eigenvalue weighted by molar-refractivity contribution is -0.148. The number of aliphatic hydroxyl groups excluding tert-OH is 1. The zero-order valence-corrected chi connectivity index (χ0v) is 35.0. The minimum Gasteiger partial charge on any atom is -0.481 e. The minimum atomic E-state index is -2.91. The van der Waals surface area contributed by atoms with Crippen molar-refractivity contribution in [2.75, 3.05) is 23.7 Å². The Bertz CT molecular complexity index is 2520. The summed E-state index contributed by atoms with van der Waals surface area (Å²) in [6.45, 7) is 4.65. The van der Waals surface area contributed by atoms with Crippen LogP contribution >= 0.6 is 11.6 Å². The van der Waals surface area contributed by atoms with Crippen molar-refractivity contribution in [1.29, 1.82) is 0 Å². The Morgan fingerprint density at radius 2 is 1.80 bits per heavy atom. The standard InChI is InChI=1S/C45H50ClF2N9O4/c1-25-27(6-3-8-29(25)51-39-37-32(52-40(55-39)38(47)48)20-26(22-50-37)21-49-30-9-5-11-35(30)58)28-7-4-10-31(36(28)46)54-42(59)41-53-33-23-57(18-12-34(33)56(41)2)19-17-44-13-15-45(24-44,16-14-44)43(60)61/h3-4,6-8,10,20,22,30,35,38,49,58H,5,9,11-19,21,23-24H2,1-2H3,(H,54,59)(H,60,61)(H,51,52,55)/t30-,35+,44?,45?/m1/s1. The highest BCUT2D eigenvalue weighted by Gasteiger charge is 2.57. The molecule has 3 aliphatic carbocycles. The second kappa shape index (κ2) is 16.3. The minimum absolute atomic E-state index is 0.0277. The number of imidazole rings is 1. The van der Waals surface area contributed by atoms with Crippen LogP contribution in [0.1, 0.15) is 103 Å². The number of halogens is 3. The van der Waals surface area contributed by atoms with Crippen LogP contribution in [-0.2, 0) is 31.4 Å². The average molecular weight is 854 g/mol. The van der Waals surface area contributed by atoms with Crippen LogP contribution < -0.4 is 16.0 Å². The summed E-state index contributed by atoms with van der Waals surface area (Å²) in [4.78, 5) is 45.9. The van der Waals surface area contributed by atoms with Crippen LogP contribution in [0.4, 0.5) is 26.0 Å². The van der Waals surface area contributed by atoms with E-state index in [1.807, 2.05) is 48.9 Å². The Kier molecular flexibility index (Phi) is 11.0. The van der Waals surface area contributed by atoms with Gasteiger partial charge in [-0.05, 0) is 112 Å². The molecular weight excluding hydrogens is 804 g/mol. The number of carboxylic acids is 1. The first-order chi connectivity index (χ1) is 29.3. The topological polar surface area (TPSA) is 170 Å². The normalized spacial score (nSPS) is 23.5. The van der Waals surface area contributed by atoms with Gasteiger partial charge in [0.05, 0.1) is 33.4 Å². The van der Waals surface area contributed by atoms with Gasteiger partial charge in [-0.25, -0.2) is 23.7 Å². The number of rotatable bonds is 13. The number of alkyl halides is 2. The van der Waals surface area contributed by atoms with Crippen LogP contribution in [0.2, 0.25) is 5.02 Å². The highest BCUT2D eigenvalue weighted by atomic mass is 35.5. The number of hydrogen-bond acceptors (Lipinski definition) is 10. The van der Waals surface area contributed by atoms with Crippen molar-refractivity contribution >= 4 is 51.7 Å². The highest BCUT2D eigenvalue weighted by Crippen LogP contribution is 2.63. The lowest BCUT2D eigenvalue weighted by Gasteiger charge is -2.32. The summed E-state index contributed by atoms with van der Waals surface area (Å²) in [5.74, 6) is -1.23. The number of benzene rings is 2. The molecule has 13 nitrogen and oxygen atoms in total. The van der Waals surface area contributed by atoms with Gasteiger partial charge in [0.25, 0.3) is 12.3 Å². The molecule has 3 saturated carbocycles. The van der Waals surface area contributed by atoms with E-state index >= 15 is 0 Å². The van der Waals surface area contributed by atoms with Crippen molar-refractivity contribution in [3.8, 4) is 11.1 Å². The van der Waals surface area contributed by atoms with Crippen LogP contribution in [0.25, 0.3) is 22.2 Å². The lowest BCUT2D eigenvalue weighted by atomic mass is 9.80. The fourth-order valence-electron chi connectivity index (χ4n) is 10.3. The zero-order chi connectivity index (χ0) is 42.6. The molecule has 4 aliphatic rings. The maximum absolute atomic E-state index is 14.1. The number of pyridine rings is 1. The molecular formula is C45H50ClF2N9O4. The Morgan fingerprint density at radius 1 is 1.03 bits per heavy atom. The van der Waals surface area contributed by atoms with E-state index in [4.69, 9.17) is 16.6 Å². The van der Waals surface area contributed by atoms with Gasteiger partial charge >= 0.3 is 5.97 Å². The third-order valence-electron chi connectivity index (χ3n) is 13.9. The van der Waals surface area contributed by atoms with Crippen molar-refractivity contribution in [3.05, 3.63) is 87.8 Å². The summed E-state index contributed by atoms with van der Waals surface area (Å²) in [7, 11) is 1.86. The molecule has 61 heavy (non-hydrogen) atoms. The van der Waals surface area contributed by atoms with Crippen LogP contribution in [0, 0.1) is 17.8 Å². The molecule has 16 heteroatoms. The number of fused-ring (bicyclic) bond motifs is 4. The summed E-state index contributed by atoms with van der Waals surface area (Å²) in [6.07, 6.45) is 6.93. The number of aromatic nitrogens is 5. The van der Waals surface area contributed by atoms with Crippen LogP contribution in [-0.4, -0.2) is 76.7 Å². The van der Waals surface area contributed by atoms with E-state index < -0.39 is 29.7 Å². The van der Waals surface area contributed by atoms with Gasteiger partial charge in [0.15, 0.2) is 17.5 Å². The number of hydrogen-bond donors (Lipinski definition) is 5. The van der Waals surface area contributed by atoms with Gasteiger partial charge in [0.2, 0.25) is 0 Å². The predicted octanol–water partition coefficient (Wildman–Crippen LogP) is 8.11. The smallest absolute Gasteiger partial charge is 0.309 e. The van der Waals surface area contributed by atoms with E-state index in [1.165, 1.54) is 0 Å². The molecule has 9 rings (SSSR count). The first-order valence-corrected chi connectivity index (χ1v) is 21.5. The van der Waals surface area contributed by atoms with E-state index in [1.54, 1.807) is 18.3 Å². The zero-order valence-electron chi connectivity index (χ0n) is 34.3. The quantitative estimate of drug-likeness (QED) is 0.0776. The third-order valence-corrected chi connectivity index (χ3v) is 14.3. The number of carbonyl (C=O) groups is 2. The van der Waals surface area contributed by atoms with E-state index in [0.717, 1.165) is 105 Å². The number of nitrogens with one attached hydrogen (secondary N) is 3. The van der Waals surface area contributed by atoms with Crippen molar-refractivity contribution in [2.24, 2.45) is 17.9 Å². The average Bonchev–Trinajstić information content (AvgIpc) is 4.03. The summed E-state index contributed by atoms with van der Waals surface area (Å²) in [6, 6.07) is 12.6. The third kappa shape index (κ3) is 7.85. The summed E-state index contributed by atoms with van der Waals surface area (Å²) in [5.41, 5.74) is 6.02. The molecule has 2 bridgehead atoms. The molecule has 0 radical (unpaired) electrons. The van der Waals surface area contributed by atoms with Gasteiger partial charge in [-0.3, -0.25) is 19.5 Å². The SMILES string of the molecule is Cc1c(Nc2nc(C(F)F)nc3cc(CN[C@@H]4CCC[C@@H]4O)cnc23)cccc1-c1cccc(NC(=O)c2nc3c(n2C)CCN(CCC24CCC(C(=O)O)(CC2)C4)C3)c1Cl. The second-order valence-corrected chi connectivity index (χ2v) is 18.0. The lowest BCUT2D eigenvalue weighted by Crippen LogP contribution is -2.35. The molecule has 0 unspecified atom stereocenters. The molecule has 3 aromatic heterocycles. The number of aliphatic hydroxyl groups is 1. The van der Waals surface area contributed by atoms with Crippen LogP contribution in [0.5, 0.6) is 0 Å². The van der Waals surface area contributed by atoms with Gasteiger partial charge in [0, 0.05) is 62.3 Å². The van der Waals surface area contributed by atoms with Gasteiger partial charge in [-0.15, -0.1) is 0 Å². The molecule has 1 amide bonds. The summed E-state index contributed by atoms with van der Waals surface area (Å²) < 4.78 is 30.1. The fourth-order valence-corrected chi connectivity index (χ4v) is 10.6. The number of carboxylic acid groups (broad SMARTS) is 1. The number of nitrogens with zero attached hydrogens (tertiary/aromatic N) is 6. The van der Waals surface area contributed by atoms with Crippen molar-refractivity contribution < 1.29 is 28.6 Å². The monoisotopic (exact) mass is 853 g/mol. The number of anilines is 3. The predicted molar refractivity (Wildman–Crippen MR) is 228 cm³/mol. The summed E-state index contributed by atoms with van der Waals surface area (Å²) in [5, 5.41) is 29.9. The summed E-state index contributed by atoms with van der Waals surface area (Å²) >= 11 is 7.05. The molecule has 0 saturated heterocycles. The molecule has 2 aromatic carbocycles. The molecule has 2 atom stereocenters. The van der Waals surface area contributed by atoms with E-state index in [0.29, 0.717) is 40.6 Å². The second-order valence-electron chi connectivity index (χ2n) is 17.6. The molecule has 320 valence electrons. The van der Waals surface area contributed by atoms with Crippen molar-refractivity contribution in [2.45, 2.75) is 103 Å². The largest absolute Gasteiger partial charge is 0.481 e. The van der Waals surface area contributed by atoms with Crippen LogP contribution in [0.15, 0.2) is 48.7 Å². The molecule has 5 N–H and O–H groups in total. The van der Waals surface area contributed by atoms with Crippen LogP contribution in [0.3, 0.4) is 0 Å². The maximum atomic E-state index is 14.1. The van der Waals surface area contributed by atoms with E-state index in [-0.39, 0.29) is 34.5 Å². The van der Waals surface area contributed by atoms with Gasteiger partial charge in [-0.1, -0.05) is 35.9 Å². The number of amides is 1.